The molecule has 0 unspecified atom stereocenters. The highest BCUT2D eigenvalue weighted by Crippen LogP contribution is 2.11. The number of aryl methyl sites for hydroxylation is 1. The summed E-state index contributed by atoms with van der Waals surface area (Å²) in [5.74, 6) is -0.403. The molecule has 2 nitrogen and oxygen atoms in total. The lowest BCUT2D eigenvalue weighted by atomic mass is 10.1. The molecule has 0 heterocycles. The maximum Gasteiger partial charge on any atom is 0.237 e. The zero-order valence-corrected chi connectivity index (χ0v) is 9.51. The molecule has 1 aromatic rings. The van der Waals surface area contributed by atoms with E-state index in [-0.39, 0.29) is 17.6 Å². The highest BCUT2D eigenvalue weighted by Gasteiger charge is 2.08. The van der Waals surface area contributed by atoms with Gasteiger partial charge in [0.1, 0.15) is 11.7 Å². The van der Waals surface area contributed by atoms with Crippen LogP contribution in [0.2, 0.25) is 0 Å². The minimum atomic E-state index is -0.231. The smallest absolute Gasteiger partial charge is 0.237 e. The fourth-order valence-electron chi connectivity index (χ4n) is 1.27. The molecule has 0 N–H and O–H groups in total. The summed E-state index contributed by atoms with van der Waals surface area (Å²) in [6.45, 7) is 2.15. The monoisotopic (exact) mass is 229 g/mol. The SMILES string of the molecule is Cc1cc(CN(C)C(=O)CCl)ccc1F. The average Bonchev–Trinajstić information content (AvgIpc) is 2.22. The highest BCUT2D eigenvalue weighted by atomic mass is 35.5. The lowest BCUT2D eigenvalue weighted by molar-refractivity contribution is -0.127. The summed E-state index contributed by atoms with van der Waals surface area (Å²) in [5.41, 5.74) is 1.48. The van der Waals surface area contributed by atoms with Crippen molar-refractivity contribution in [2.45, 2.75) is 13.5 Å². The van der Waals surface area contributed by atoms with Gasteiger partial charge in [0.25, 0.3) is 0 Å². The number of benzene rings is 1. The molecule has 0 aromatic heterocycles. The molecule has 1 aromatic carbocycles. The van der Waals surface area contributed by atoms with Crippen molar-refractivity contribution in [3.63, 3.8) is 0 Å². The molecular formula is C11H13ClFNO. The first kappa shape index (κ1) is 12.0. The van der Waals surface area contributed by atoms with Crippen molar-refractivity contribution in [2.24, 2.45) is 0 Å². The van der Waals surface area contributed by atoms with Crippen LogP contribution in [0.5, 0.6) is 0 Å². The lowest BCUT2D eigenvalue weighted by Gasteiger charge is -2.16. The zero-order valence-electron chi connectivity index (χ0n) is 8.76. The van der Waals surface area contributed by atoms with E-state index in [1.165, 1.54) is 11.0 Å². The van der Waals surface area contributed by atoms with Gasteiger partial charge in [-0.1, -0.05) is 12.1 Å². The Balaban J connectivity index is 2.73. The number of amides is 1. The fourth-order valence-corrected chi connectivity index (χ4v) is 1.47. The van der Waals surface area contributed by atoms with Crippen molar-refractivity contribution in [2.75, 3.05) is 12.9 Å². The topological polar surface area (TPSA) is 20.3 Å². The van der Waals surface area contributed by atoms with E-state index in [0.29, 0.717) is 12.1 Å². The van der Waals surface area contributed by atoms with Crippen molar-refractivity contribution in [1.29, 1.82) is 0 Å². The number of alkyl halides is 1. The Morgan fingerprint density at radius 1 is 1.53 bits per heavy atom. The van der Waals surface area contributed by atoms with Gasteiger partial charge in [0.15, 0.2) is 0 Å². The molecule has 0 bridgehead atoms. The molecule has 0 radical (unpaired) electrons. The van der Waals surface area contributed by atoms with E-state index < -0.39 is 0 Å². The predicted molar refractivity (Wildman–Crippen MR) is 58.3 cm³/mol. The first-order chi connectivity index (χ1) is 7.04. The van der Waals surface area contributed by atoms with Crippen LogP contribution in [0.15, 0.2) is 18.2 Å². The standard InChI is InChI=1S/C11H13ClFNO/c1-8-5-9(3-4-10(8)13)7-14(2)11(15)6-12/h3-5H,6-7H2,1-2H3. The van der Waals surface area contributed by atoms with E-state index in [0.717, 1.165) is 5.56 Å². The summed E-state index contributed by atoms with van der Waals surface area (Å²) in [6, 6.07) is 4.80. The Morgan fingerprint density at radius 2 is 2.20 bits per heavy atom. The molecular weight excluding hydrogens is 217 g/mol. The molecule has 0 aliphatic rings. The number of nitrogens with zero attached hydrogens (tertiary/aromatic N) is 1. The van der Waals surface area contributed by atoms with Crippen LogP contribution in [-0.4, -0.2) is 23.7 Å². The second kappa shape index (κ2) is 5.12. The van der Waals surface area contributed by atoms with Crippen molar-refractivity contribution < 1.29 is 9.18 Å². The molecule has 0 saturated carbocycles. The van der Waals surface area contributed by atoms with Crippen molar-refractivity contribution in [3.05, 3.63) is 35.1 Å². The van der Waals surface area contributed by atoms with Crippen LogP contribution < -0.4 is 0 Å². The zero-order chi connectivity index (χ0) is 11.4. The molecule has 0 spiro atoms. The van der Waals surface area contributed by atoms with Crippen LogP contribution in [0.1, 0.15) is 11.1 Å². The predicted octanol–water partition coefficient (Wildman–Crippen LogP) is 2.33. The van der Waals surface area contributed by atoms with E-state index in [4.69, 9.17) is 11.6 Å². The first-order valence-electron chi connectivity index (χ1n) is 4.59. The molecule has 0 aliphatic heterocycles. The van der Waals surface area contributed by atoms with E-state index in [1.54, 1.807) is 26.1 Å². The van der Waals surface area contributed by atoms with Crippen LogP contribution >= 0.6 is 11.6 Å². The van der Waals surface area contributed by atoms with Crippen molar-refractivity contribution in [1.82, 2.24) is 4.90 Å². The molecule has 1 amide bonds. The van der Waals surface area contributed by atoms with Gasteiger partial charge in [0.2, 0.25) is 5.91 Å². The van der Waals surface area contributed by atoms with Crippen molar-refractivity contribution >= 4 is 17.5 Å². The molecule has 0 saturated heterocycles. The fraction of sp³-hybridized carbons (Fsp3) is 0.364. The lowest BCUT2D eigenvalue weighted by Crippen LogP contribution is -2.27. The molecule has 4 heteroatoms. The van der Waals surface area contributed by atoms with Gasteiger partial charge in [-0.15, -0.1) is 11.6 Å². The van der Waals surface area contributed by atoms with Crippen LogP contribution in [0.3, 0.4) is 0 Å². The normalized spacial score (nSPS) is 10.1. The van der Waals surface area contributed by atoms with Gasteiger partial charge in [0, 0.05) is 13.6 Å². The van der Waals surface area contributed by atoms with E-state index >= 15 is 0 Å². The number of hydrogen-bond donors (Lipinski definition) is 0. The van der Waals surface area contributed by atoms with Crippen LogP contribution in [-0.2, 0) is 11.3 Å². The second-order valence-electron chi connectivity index (χ2n) is 3.47. The Kier molecular flexibility index (Phi) is 4.09. The summed E-state index contributed by atoms with van der Waals surface area (Å²) >= 11 is 5.42. The maximum absolute atomic E-state index is 13.0. The quantitative estimate of drug-likeness (QED) is 0.729. The van der Waals surface area contributed by atoms with E-state index in [1.807, 2.05) is 0 Å². The van der Waals surface area contributed by atoms with Gasteiger partial charge in [0.05, 0.1) is 0 Å². The van der Waals surface area contributed by atoms with Crippen LogP contribution in [0, 0.1) is 12.7 Å². The minimum Gasteiger partial charge on any atom is -0.340 e. The van der Waals surface area contributed by atoms with Gasteiger partial charge in [-0.3, -0.25) is 4.79 Å². The van der Waals surface area contributed by atoms with Gasteiger partial charge in [-0.05, 0) is 24.1 Å². The minimum absolute atomic E-state index is 0.0311. The second-order valence-corrected chi connectivity index (χ2v) is 3.73. The summed E-state index contributed by atoms with van der Waals surface area (Å²) in [5, 5.41) is 0. The summed E-state index contributed by atoms with van der Waals surface area (Å²) in [4.78, 5) is 12.7. The average molecular weight is 230 g/mol. The number of rotatable bonds is 3. The molecule has 0 aliphatic carbocycles. The first-order valence-corrected chi connectivity index (χ1v) is 5.13. The summed E-state index contributed by atoms with van der Waals surface area (Å²) < 4.78 is 13.0. The number of carbonyl (C=O) groups is 1. The van der Waals surface area contributed by atoms with Crippen molar-refractivity contribution in [3.8, 4) is 0 Å². The van der Waals surface area contributed by atoms with Gasteiger partial charge in [-0.25, -0.2) is 4.39 Å². The third-order valence-corrected chi connectivity index (χ3v) is 2.41. The highest BCUT2D eigenvalue weighted by molar-refractivity contribution is 6.27. The largest absolute Gasteiger partial charge is 0.340 e. The Bertz CT molecular complexity index is 368. The third kappa shape index (κ3) is 3.20. The molecule has 15 heavy (non-hydrogen) atoms. The van der Waals surface area contributed by atoms with Gasteiger partial charge < -0.3 is 4.90 Å². The number of hydrogen-bond acceptors (Lipinski definition) is 1. The Morgan fingerprint density at radius 3 is 2.73 bits per heavy atom. The maximum atomic E-state index is 13.0. The molecule has 82 valence electrons. The van der Waals surface area contributed by atoms with Gasteiger partial charge in [-0.2, -0.15) is 0 Å². The van der Waals surface area contributed by atoms with Gasteiger partial charge >= 0.3 is 0 Å². The third-order valence-electron chi connectivity index (χ3n) is 2.18. The molecule has 0 atom stereocenters. The molecule has 1 rings (SSSR count). The van der Waals surface area contributed by atoms with E-state index in [2.05, 4.69) is 0 Å². The summed E-state index contributed by atoms with van der Waals surface area (Å²) in [6.07, 6.45) is 0. The molecule has 0 fully saturated rings. The number of halogens is 2. The van der Waals surface area contributed by atoms with Crippen LogP contribution in [0.25, 0.3) is 0 Å². The number of carbonyl (C=O) groups excluding carboxylic acids is 1. The summed E-state index contributed by atoms with van der Waals surface area (Å²) in [7, 11) is 1.67. The van der Waals surface area contributed by atoms with E-state index in [9.17, 15) is 9.18 Å². The Labute approximate surface area is 93.6 Å². The van der Waals surface area contributed by atoms with Crippen LogP contribution in [0.4, 0.5) is 4.39 Å². The Hall–Kier alpha value is -1.09.